The Balaban J connectivity index is 0.745. The number of imide groups is 1. The van der Waals surface area contributed by atoms with E-state index in [1.165, 1.54) is 12.1 Å². The molecule has 2 atom stereocenters. The van der Waals surface area contributed by atoms with E-state index in [0.717, 1.165) is 96.4 Å². The van der Waals surface area contributed by atoms with Crippen LogP contribution in [0.15, 0.2) is 59.2 Å². The van der Waals surface area contributed by atoms with Crippen molar-refractivity contribution in [2.75, 3.05) is 91.7 Å². The van der Waals surface area contributed by atoms with Crippen LogP contribution in [0.3, 0.4) is 0 Å². The number of piperazine rings is 1. The van der Waals surface area contributed by atoms with Crippen molar-refractivity contribution in [3.05, 3.63) is 87.7 Å². The molecule has 3 N–H and O–H groups in total. The highest BCUT2D eigenvalue weighted by Gasteiger charge is 2.38. The Hall–Kier alpha value is -5.71. The van der Waals surface area contributed by atoms with E-state index in [-0.39, 0.29) is 30.2 Å². The lowest BCUT2D eigenvalue weighted by Crippen LogP contribution is -2.55. The molecule has 1 unspecified atom stereocenters. The summed E-state index contributed by atoms with van der Waals surface area (Å²) in [6.45, 7) is 12.0. The number of halogens is 3. The topological polar surface area (TPSA) is 165 Å². The lowest BCUT2D eigenvalue weighted by Gasteiger charge is -2.44. The Bertz CT molecular complexity index is 2920. The number of piperidine rings is 2. The maximum atomic E-state index is 15.3. The van der Waals surface area contributed by atoms with Crippen LogP contribution in [0.25, 0.3) is 10.9 Å². The minimum Gasteiger partial charge on any atom is -0.492 e. The zero-order valence-electron chi connectivity index (χ0n) is 40.4. The number of amides is 3. The summed E-state index contributed by atoms with van der Waals surface area (Å²) >= 11 is 3.66. The van der Waals surface area contributed by atoms with Crippen LogP contribution >= 0.6 is 23.1 Å². The molecule has 0 radical (unpaired) electrons. The molecule has 19 heteroatoms. The van der Waals surface area contributed by atoms with Gasteiger partial charge in [0.25, 0.3) is 0 Å². The van der Waals surface area contributed by atoms with Crippen LogP contribution in [0.2, 0.25) is 0 Å². The number of aryl methyl sites for hydroxylation is 2. The van der Waals surface area contributed by atoms with Crippen LogP contribution in [0.4, 0.5) is 43.3 Å². The highest BCUT2D eigenvalue weighted by Crippen LogP contribution is 2.54. The monoisotopic (exact) mass is 1050 g/mol. The van der Waals surface area contributed by atoms with Gasteiger partial charge >= 0.3 is 0 Å². The highest BCUT2D eigenvalue weighted by atomic mass is 79.9. The van der Waals surface area contributed by atoms with Gasteiger partial charge in [-0.15, -0.1) is 0 Å². The Kier molecular flexibility index (Phi) is 14.1. The Labute approximate surface area is 421 Å². The fraction of sp³-hybridized carbons (Fsp3) is 0.462. The van der Waals surface area contributed by atoms with E-state index in [9.17, 15) is 18.9 Å². The van der Waals surface area contributed by atoms with Crippen molar-refractivity contribution in [1.29, 1.82) is 0 Å². The van der Waals surface area contributed by atoms with Gasteiger partial charge in [0.15, 0.2) is 0 Å². The third-order valence-electron chi connectivity index (χ3n) is 15.0. The van der Waals surface area contributed by atoms with E-state index >= 15 is 8.78 Å². The van der Waals surface area contributed by atoms with Gasteiger partial charge in [0.2, 0.25) is 23.7 Å². The first-order chi connectivity index (χ1) is 34.2. The van der Waals surface area contributed by atoms with Gasteiger partial charge in [-0.25, -0.2) is 13.8 Å². The van der Waals surface area contributed by atoms with Gasteiger partial charge in [-0.3, -0.25) is 29.6 Å². The van der Waals surface area contributed by atoms with E-state index in [0.29, 0.717) is 85.2 Å². The Morgan fingerprint density at radius 1 is 0.873 bits per heavy atom. The largest absolute Gasteiger partial charge is 0.492 e. The molecule has 3 aromatic carbocycles. The molecule has 5 saturated heterocycles. The maximum absolute atomic E-state index is 15.3. The second-order valence-electron chi connectivity index (χ2n) is 19.6. The smallest absolute Gasteiger partial charge is 0.234 e. The first-order valence-corrected chi connectivity index (χ1v) is 27.8. The number of nitrogens with one attached hydrogen (secondary N) is 3. The lowest BCUT2D eigenvalue weighted by atomic mass is 9.89. The SMILES string of the molecule is CCOc1cc(N2CCC(N3CCN(C(=O)[C@@H]4CCN(c5cc(F)c(C6CCC(=O)NC6=O)c(F)c5)C4)CC3)CC2)c(C)cc1Nc1ncc(Br)c(Nc2ccc3nc(C)ccc3c2P2(=O)CCCC2)n1. The second kappa shape index (κ2) is 20.4. The molecular weight excluding hydrogens is 994 g/mol. The molecule has 5 fully saturated rings. The maximum Gasteiger partial charge on any atom is 0.234 e. The molecule has 5 aliphatic rings. The van der Waals surface area contributed by atoms with E-state index in [4.69, 9.17) is 14.7 Å². The fourth-order valence-corrected chi connectivity index (χ4v) is 15.0. The molecule has 71 heavy (non-hydrogen) atoms. The average molecular weight is 1050 g/mol. The van der Waals surface area contributed by atoms with Crippen molar-refractivity contribution in [3.63, 3.8) is 0 Å². The molecule has 7 heterocycles. The molecule has 374 valence electrons. The van der Waals surface area contributed by atoms with Crippen LogP contribution in [-0.2, 0) is 18.9 Å². The first-order valence-electron chi connectivity index (χ1n) is 24.9. The number of carbonyl (C=O) groups excluding carboxylic acids is 3. The van der Waals surface area contributed by atoms with Crippen molar-refractivity contribution in [2.45, 2.75) is 77.7 Å². The van der Waals surface area contributed by atoms with E-state index in [2.05, 4.69) is 65.7 Å². The van der Waals surface area contributed by atoms with E-state index in [1.807, 2.05) is 47.9 Å². The number of nitrogens with zero attached hydrogens (tertiary/aromatic N) is 7. The minimum absolute atomic E-state index is 0.0271. The van der Waals surface area contributed by atoms with Crippen molar-refractivity contribution < 1.29 is 32.5 Å². The molecule has 0 bridgehead atoms. The van der Waals surface area contributed by atoms with Gasteiger partial charge in [-0.1, -0.05) is 6.07 Å². The predicted molar refractivity (Wildman–Crippen MR) is 277 cm³/mol. The first kappa shape index (κ1) is 48.9. The minimum atomic E-state index is -2.65. The van der Waals surface area contributed by atoms with Gasteiger partial charge in [-0.05, 0) is 117 Å². The number of carbonyl (C=O) groups is 3. The van der Waals surface area contributed by atoms with Gasteiger partial charge in [0, 0.05) is 123 Å². The number of pyridine rings is 1. The summed E-state index contributed by atoms with van der Waals surface area (Å²) in [7, 11) is -2.65. The van der Waals surface area contributed by atoms with Crippen molar-refractivity contribution in [1.82, 2.24) is 30.1 Å². The van der Waals surface area contributed by atoms with Crippen LogP contribution in [0.1, 0.15) is 74.6 Å². The molecule has 5 aliphatic heterocycles. The standard InChI is InChI=1S/C52H60BrF2N10O5P/c1-4-70-45-28-44(31(2)25-43(45)59-52-56-29-38(53)49(61-52)58-42-11-10-41-36(8-7-32(3)57-41)48(42)71(69)23-5-6-24-71)63-17-14-34(15-18-63)62-19-21-64(22-20-62)51(68)33-13-16-65(30-33)35-26-39(54)47(40(55)27-35)37-9-12-46(66)60-50(37)67/h7-8,10-11,25-29,33-34,37H,4-6,9,12-24,30H2,1-3H3,(H,60,66,67)(H2,56,58,59,61)/t33-,37?/m1/s1. The number of benzene rings is 3. The van der Waals surface area contributed by atoms with Crippen LogP contribution < -0.4 is 35.8 Å². The summed E-state index contributed by atoms with van der Waals surface area (Å²) < 4.78 is 52.0. The molecule has 0 saturated carbocycles. The fourth-order valence-electron chi connectivity index (χ4n) is 11.3. The molecule has 15 nitrogen and oxygen atoms in total. The zero-order chi connectivity index (χ0) is 49.6. The molecule has 3 amide bonds. The molecular formula is C52H60BrF2N10O5P. The summed E-state index contributed by atoms with van der Waals surface area (Å²) in [5.74, 6) is -2.41. The number of aromatic nitrogens is 3. The third-order valence-corrected chi connectivity index (χ3v) is 19.0. The summed E-state index contributed by atoms with van der Waals surface area (Å²) in [6.07, 6.45) is 7.59. The Morgan fingerprint density at radius 3 is 2.32 bits per heavy atom. The molecule has 0 spiro atoms. The normalized spacial score (nSPS) is 21.0. The summed E-state index contributed by atoms with van der Waals surface area (Å²) in [6, 6.07) is 15.0. The Morgan fingerprint density at radius 2 is 1.61 bits per heavy atom. The molecule has 0 aliphatic carbocycles. The van der Waals surface area contributed by atoms with Crippen LogP contribution in [0, 0.1) is 31.4 Å². The van der Waals surface area contributed by atoms with Crippen molar-refractivity contribution in [3.8, 4) is 5.75 Å². The molecule has 10 rings (SSSR count). The quantitative estimate of drug-likeness (QED) is 0.0806. The van der Waals surface area contributed by atoms with Gasteiger partial charge in [-0.2, -0.15) is 4.98 Å². The number of anilines is 6. The third kappa shape index (κ3) is 10.1. The number of ether oxygens (including phenoxy) is 1. The van der Waals surface area contributed by atoms with Crippen LogP contribution in [-0.4, -0.2) is 120 Å². The number of hydrogen-bond acceptors (Lipinski definition) is 13. The van der Waals surface area contributed by atoms with Gasteiger partial charge in [0.05, 0.1) is 39.8 Å². The van der Waals surface area contributed by atoms with E-state index < -0.39 is 36.5 Å². The van der Waals surface area contributed by atoms with Crippen molar-refractivity contribution >= 4 is 91.5 Å². The lowest BCUT2D eigenvalue weighted by molar-refractivity contribution is -0.137. The summed E-state index contributed by atoms with van der Waals surface area (Å²) in [5, 5.41) is 10.9. The molecule has 2 aromatic heterocycles. The average Bonchev–Trinajstić information content (AvgIpc) is 4.04. The second-order valence-corrected chi connectivity index (χ2v) is 23.5. The summed E-state index contributed by atoms with van der Waals surface area (Å²) in [4.78, 5) is 60.7. The predicted octanol–water partition coefficient (Wildman–Crippen LogP) is 8.51. The van der Waals surface area contributed by atoms with Crippen LogP contribution in [0.5, 0.6) is 5.75 Å². The summed E-state index contributed by atoms with van der Waals surface area (Å²) in [5.41, 5.74) is 5.49. The van der Waals surface area contributed by atoms with Crippen molar-refractivity contribution in [2.24, 2.45) is 5.92 Å². The number of fused-ring (bicyclic) bond motifs is 1. The number of hydrogen-bond donors (Lipinski definition) is 3. The van der Waals surface area contributed by atoms with Gasteiger partial charge in [0.1, 0.15) is 30.3 Å². The zero-order valence-corrected chi connectivity index (χ0v) is 42.9. The molecule has 5 aromatic rings. The number of rotatable bonds is 12. The van der Waals surface area contributed by atoms with Gasteiger partial charge < -0.3 is 34.6 Å². The highest BCUT2D eigenvalue weighted by molar-refractivity contribution is 9.10. The van der Waals surface area contributed by atoms with E-state index in [1.54, 1.807) is 6.20 Å².